The summed E-state index contributed by atoms with van der Waals surface area (Å²) in [5.41, 5.74) is 1.51. The zero-order valence-electron chi connectivity index (χ0n) is 12.3. The first-order valence-corrected chi connectivity index (χ1v) is 8.28. The third-order valence-corrected chi connectivity index (χ3v) is 4.75. The van der Waals surface area contributed by atoms with Crippen LogP contribution in [0.5, 0.6) is 0 Å². The maximum Gasteiger partial charge on any atom is 0.0374 e. The molecule has 2 aromatic rings. The van der Waals surface area contributed by atoms with Crippen molar-refractivity contribution in [2.75, 3.05) is 6.54 Å². The van der Waals surface area contributed by atoms with Gasteiger partial charge < -0.3 is 5.32 Å². The molecule has 1 atom stereocenters. The van der Waals surface area contributed by atoms with Crippen molar-refractivity contribution in [3.05, 3.63) is 35.2 Å². The molecule has 0 aliphatic heterocycles. The second-order valence-electron chi connectivity index (χ2n) is 5.60. The smallest absolute Gasteiger partial charge is 0.0374 e. The number of thiophene rings is 1. The van der Waals surface area contributed by atoms with Crippen LogP contribution < -0.4 is 5.32 Å². The van der Waals surface area contributed by atoms with Crippen LogP contribution in [-0.4, -0.2) is 12.6 Å². The molecule has 2 rings (SSSR count). The molecule has 0 aliphatic carbocycles. The van der Waals surface area contributed by atoms with E-state index in [0.29, 0.717) is 12.0 Å². The van der Waals surface area contributed by atoms with Crippen molar-refractivity contribution in [1.29, 1.82) is 0 Å². The zero-order valence-corrected chi connectivity index (χ0v) is 13.1. The van der Waals surface area contributed by atoms with Crippen LogP contribution in [0, 0.1) is 5.92 Å². The van der Waals surface area contributed by atoms with E-state index in [-0.39, 0.29) is 0 Å². The highest BCUT2D eigenvalue weighted by Crippen LogP contribution is 2.26. The predicted molar refractivity (Wildman–Crippen MR) is 87.1 cm³/mol. The van der Waals surface area contributed by atoms with Gasteiger partial charge >= 0.3 is 0 Å². The zero-order chi connectivity index (χ0) is 13.7. The molecule has 1 unspecified atom stereocenters. The van der Waals surface area contributed by atoms with Crippen LogP contribution in [0.2, 0.25) is 0 Å². The fraction of sp³-hybridized carbons (Fsp3) is 0.529. The minimum atomic E-state index is 0.634. The van der Waals surface area contributed by atoms with Crippen molar-refractivity contribution in [3.8, 4) is 0 Å². The summed E-state index contributed by atoms with van der Waals surface area (Å²) in [5, 5.41) is 7.28. The van der Waals surface area contributed by atoms with E-state index in [4.69, 9.17) is 0 Å². The summed E-state index contributed by atoms with van der Waals surface area (Å²) >= 11 is 1.87. The summed E-state index contributed by atoms with van der Waals surface area (Å²) in [5.74, 6) is 0.703. The molecule has 1 heterocycles. The summed E-state index contributed by atoms with van der Waals surface area (Å²) in [6.07, 6.45) is 3.62. The van der Waals surface area contributed by atoms with Crippen LogP contribution in [0.4, 0.5) is 0 Å². The number of hydrogen-bond donors (Lipinski definition) is 1. The van der Waals surface area contributed by atoms with Gasteiger partial charge in [-0.2, -0.15) is 0 Å². The Morgan fingerprint density at radius 2 is 2.05 bits per heavy atom. The first kappa shape index (κ1) is 14.5. The Kier molecular flexibility index (Phi) is 5.41. The van der Waals surface area contributed by atoms with E-state index in [1.54, 1.807) is 0 Å². The highest BCUT2D eigenvalue weighted by atomic mass is 32.1. The quantitative estimate of drug-likeness (QED) is 0.761. The van der Waals surface area contributed by atoms with Crippen LogP contribution in [0.15, 0.2) is 29.6 Å². The lowest BCUT2D eigenvalue weighted by Gasteiger charge is -2.22. The molecule has 19 heavy (non-hydrogen) atoms. The van der Waals surface area contributed by atoms with E-state index in [9.17, 15) is 0 Å². The summed E-state index contributed by atoms with van der Waals surface area (Å²) in [7, 11) is 0. The lowest BCUT2D eigenvalue weighted by atomic mass is 9.96. The standard InChI is InChI=1S/C17H25NS/c1-4-11-18-16(13(2)3)9-8-14-6-5-7-15-10-12-19-17(14)15/h5-7,10,12-13,16,18H,4,8-9,11H2,1-3H3. The number of benzene rings is 1. The summed E-state index contributed by atoms with van der Waals surface area (Å²) in [4.78, 5) is 0. The van der Waals surface area contributed by atoms with Crippen LogP contribution in [0.25, 0.3) is 10.1 Å². The van der Waals surface area contributed by atoms with E-state index < -0.39 is 0 Å². The molecule has 2 heteroatoms. The fourth-order valence-corrected chi connectivity index (χ4v) is 3.51. The Hall–Kier alpha value is -0.860. The van der Waals surface area contributed by atoms with Crippen molar-refractivity contribution < 1.29 is 0 Å². The van der Waals surface area contributed by atoms with Gasteiger partial charge in [-0.15, -0.1) is 11.3 Å². The molecule has 104 valence electrons. The summed E-state index contributed by atoms with van der Waals surface area (Å²) in [6.45, 7) is 8.00. The van der Waals surface area contributed by atoms with Crippen molar-refractivity contribution in [2.45, 2.75) is 46.1 Å². The number of rotatable bonds is 7. The second kappa shape index (κ2) is 7.06. The molecule has 0 bridgehead atoms. The normalized spacial score (nSPS) is 13.3. The topological polar surface area (TPSA) is 12.0 Å². The Morgan fingerprint density at radius 3 is 2.79 bits per heavy atom. The first-order chi connectivity index (χ1) is 9.22. The largest absolute Gasteiger partial charge is 0.314 e. The van der Waals surface area contributed by atoms with Gasteiger partial charge in [0.1, 0.15) is 0 Å². The van der Waals surface area contributed by atoms with E-state index in [2.05, 4.69) is 55.7 Å². The second-order valence-corrected chi connectivity index (χ2v) is 6.52. The Morgan fingerprint density at radius 1 is 1.21 bits per heavy atom. The average molecular weight is 275 g/mol. The molecule has 0 saturated carbocycles. The molecule has 0 radical (unpaired) electrons. The number of hydrogen-bond acceptors (Lipinski definition) is 2. The number of nitrogens with one attached hydrogen (secondary N) is 1. The van der Waals surface area contributed by atoms with Gasteiger partial charge in [0.15, 0.2) is 0 Å². The molecular weight excluding hydrogens is 250 g/mol. The number of aryl methyl sites for hydroxylation is 1. The van der Waals surface area contributed by atoms with Gasteiger partial charge in [0.05, 0.1) is 0 Å². The third kappa shape index (κ3) is 3.80. The van der Waals surface area contributed by atoms with Gasteiger partial charge in [-0.3, -0.25) is 0 Å². The SMILES string of the molecule is CCCNC(CCc1cccc2ccsc12)C(C)C. The van der Waals surface area contributed by atoms with Gasteiger partial charge in [0.25, 0.3) is 0 Å². The highest BCUT2D eigenvalue weighted by molar-refractivity contribution is 7.17. The number of fused-ring (bicyclic) bond motifs is 1. The summed E-state index contributed by atoms with van der Waals surface area (Å²) < 4.78 is 1.47. The molecule has 0 amide bonds. The van der Waals surface area contributed by atoms with Gasteiger partial charge in [-0.25, -0.2) is 0 Å². The van der Waals surface area contributed by atoms with Crippen LogP contribution >= 0.6 is 11.3 Å². The van der Waals surface area contributed by atoms with E-state index in [1.165, 1.54) is 34.9 Å². The van der Waals surface area contributed by atoms with Gasteiger partial charge in [0.2, 0.25) is 0 Å². The van der Waals surface area contributed by atoms with Crippen LogP contribution in [-0.2, 0) is 6.42 Å². The molecular formula is C17H25NS. The van der Waals surface area contributed by atoms with Gasteiger partial charge in [0, 0.05) is 10.7 Å². The van der Waals surface area contributed by atoms with Crippen molar-refractivity contribution in [2.24, 2.45) is 5.92 Å². The molecule has 1 aromatic heterocycles. The molecule has 1 N–H and O–H groups in total. The molecule has 0 spiro atoms. The van der Waals surface area contributed by atoms with E-state index >= 15 is 0 Å². The minimum Gasteiger partial charge on any atom is -0.314 e. The van der Waals surface area contributed by atoms with Gasteiger partial charge in [-0.1, -0.05) is 39.0 Å². The predicted octanol–water partition coefficient (Wildman–Crippen LogP) is 4.86. The maximum absolute atomic E-state index is 3.68. The highest BCUT2D eigenvalue weighted by Gasteiger charge is 2.13. The third-order valence-electron chi connectivity index (χ3n) is 3.75. The van der Waals surface area contributed by atoms with Crippen molar-refractivity contribution in [1.82, 2.24) is 5.32 Å². The Labute approximate surface area is 121 Å². The maximum atomic E-state index is 3.68. The van der Waals surface area contributed by atoms with Crippen LogP contribution in [0.1, 0.15) is 39.2 Å². The lowest BCUT2D eigenvalue weighted by Crippen LogP contribution is -2.34. The molecule has 0 saturated heterocycles. The molecule has 0 fully saturated rings. The molecule has 0 aliphatic rings. The first-order valence-electron chi connectivity index (χ1n) is 7.41. The average Bonchev–Trinajstić information content (AvgIpc) is 2.87. The van der Waals surface area contributed by atoms with E-state index in [1.807, 2.05) is 11.3 Å². The van der Waals surface area contributed by atoms with Crippen molar-refractivity contribution >= 4 is 21.4 Å². The molecule has 1 aromatic carbocycles. The van der Waals surface area contributed by atoms with Crippen molar-refractivity contribution in [3.63, 3.8) is 0 Å². The van der Waals surface area contributed by atoms with Crippen LogP contribution in [0.3, 0.4) is 0 Å². The fourth-order valence-electron chi connectivity index (χ4n) is 2.56. The van der Waals surface area contributed by atoms with Gasteiger partial charge in [-0.05, 0) is 54.1 Å². The Balaban J connectivity index is 2.02. The minimum absolute atomic E-state index is 0.634. The lowest BCUT2D eigenvalue weighted by molar-refractivity contribution is 0.378. The monoisotopic (exact) mass is 275 g/mol. The Bertz CT molecular complexity index is 501. The summed E-state index contributed by atoms with van der Waals surface area (Å²) in [6, 6.07) is 9.54. The van der Waals surface area contributed by atoms with E-state index in [0.717, 1.165) is 6.54 Å². The molecule has 1 nitrogen and oxygen atoms in total.